The quantitative estimate of drug-likeness (QED) is 0.644. The minimum atomic E-state index is 0.679. The molecular formula is C21H23N3O. The van der Waals surface area contributed by atoms with E-state index in [2.05, 4.69) is 38.6 Å². The van der Waals surface area contributed by atoms with E-state index in [1.165, 1.54) is 18.4 Å². The zero-order valence-electron chi connectivity index (χ0n) is 15.0. The van der Waals surface area contributed by atoms with Gasteiger partial charge < -0.3 is 4.74 Å². The molecule has 4 heteroatoms. The number of methoxy groups -OCH3 is 1. The first-order valence-corrected chi connectivity index (χ1v) is 8.74. The minimum absolute atomic E-state index is 0.679. The average Bonchev–Trinajstić information content (AvgIpc) is 3.34. The molecule has 0 N–H and O–H groups in total. The summed E-state index contributed by atoms with van der Waals surface area (Å²) in [6, 6.07) is 10.4. The van der Waals surface area contributed by atoms with Gasteiger partial charge in [-0.1, -0.05) is 18.2 Å². The van der Waals surface area contributed by atoms with Gasteiger partial charge in [-0.3, -0.25) is 0 Å². The Morgan fingerprint density at radius 3 is 2.60 bits per heavy atom. The average molecular weight is 333 g/mol. The first kappa shape index (κ1) is 15.9. The van der Waals surface area contributed by atoms with E-state index in [-0.39, 0.29) is 0 Å². The molecule has 1 aliphatic carbocycles. The van der Waals surface area contributed by atoms with E-state index < -0.39 is 0 Å². The maximum absolute atomic E-state index is 5.49. The van der Waals surface area contributed by atoms with Gasteiger partial charge in [-0.25, -0.2) is 9.50 Å². The number of hydrogen-bond acceptors (Lipinski definition) is 3. The minimum Gasteiger partial charge on any atom is -0.496 e. The van der Waals surface area contributed by atoms with Crippen LogP contribution in [0.3, 0.4) is 0 Å². The number of pyridine rings is 1. The highest BCUT2D eigenvalue weighted by Gasteiger charge is 2.25. The maximum Gasteiger partial charge on any atom is 0.156 e. The molecule has 0 radical (unpaired) electrons. The molecule has 2 aromatic heterocycles. The lowest BCUT2D eigenvalue weighted by molar-refractivity contribution is 0.408. The summed E-state index contributed by atoms with van der Waals surface area (Å²) in [5, 5.41) is 4.75. The Bertz CT molecular complexity index is 943. The van der Waals surface area contributed by atoms with Crippen LogP contribution in [0, 0.1) is 19.8 Å². The lowest BCUT2D eigenvalue weighted by Gasteiger charge is -2.12. The topological polar surface area (TPSA) is 39.4 Å². The Morgan fingerprint density at radius 1 is 1.24 bits per heavy atom. The summed E-state index contributed by atoms with van der Waals surface area (Å²) in [5.41, 5.74) is 6.55. The van der Waals surface area contributed by atoms with E-state index in [0.717, 1.165) is 46.0 Å². The number of benzene rings is 1. The van der Waals surface area contributed by atoms with Gasteiger partial charge in [0, 0.05) is 12.0 Å². The summed E-state index contributed by atoms with van der Waals surface area (Å²) in [7, 11) is 1.71. The van der Waals surface area contributed by atoms with Crippen LogP contribution in [0.15, 0.2) is 42.5 Å². The summed E-state index contributed by atoms with van der Waals surface area (Å²) in [5.74, 6) is 2.47. The number of fused-ring (bicyclic) bond motifs is 1. The monoisotopic (exact) mass is 333 g/mol. The second kappa shape index (κ2) is 6.03. The lowest BCUT2D eigenvalue weighted by Crippen LogP contribution is -1.98. The van der Waals surface area contributed by atoms with Gasteiger partial charge in [0.05, 0.1) is 12.8 Å². The van der Waals surface area contributed by atoms with Crippen molar-refractivity contribution in [2.75, 3.05) is 7.11 Å². The Balaban J connectivity index is 1.77. The van der Waals surface area contributed by atoms with E-state index in [1.54, 1.807) is 7.11 Å². The van der Waals surface area contributed by atoms with Crippen molar-refractivity contribution in [1.29, 1.82) is 0 Å². The largest absolute Gasteiger partial charge is 0.496 e. The van der Waals surface area contributed by atoms with E-state index in [9.17, 15) is 0 Å². The van der Waals surface area contributed by atoms with Crippen molar-refractivity contribution in [2.45, 2.75) is 33.1 Å². The Labute approximate surface area is 148 Å². The van der Waals surface area contributed by atoms with Crippen molar-refractivity contribution in [3.8, 4) is 17.0 Å². The zero-order valence-corrected chi connectivity index (χ0v) is 15.0. The molecule has 1 aliphatic rings. The van der Waals surface area contributed by atoms with E-state index >= 15 is 0 Å². The highest BCUT2D eigenvalue weighted by Crippen LogP contribution is 2.36. The molecular weight excluding hydrogens is 310 g/mol. The van der Waals surface area contributed by atoms with Crippen molar-refractivity contribution in [3.63, 3.8) is 0 Å². The van der Waals surface area contributed by atoms with Crippen LogP contribution in [-0.2, 0) is 6.42 Å². The fourth-order valence-corrected chi connectivity index (χ4v) is 3.50. The number of allylic oxidation sites excluding steroid dienone is 1. The van der Waals surface area contributed by atoms with Crippen LogP contribution in [0.25, 0.3) is 16.9 Å². The SMILES string of the molecule is C=C(Cc1nc2cccc(-c3cc(C)c(OC)c(C)c3)n2n1)C1CC1. The van der Waals surface area contributed by atoms with Crippen LogP contribution < -0.4 is 4.74 Å². The van der Waals surface area contributed by atoms with Gasteiger partial charge in [0.1, 0.15) is 5.75 Å². The molecule has 0 amide bonds. The summed E-state index contributed by atoms with van der Waals surface area (Å²) in [4.78, 5) is 4.69. The van der Waals surface area contributed by atoms with Gasteiger partial charge >= 0.3 is 0 Å². The van der Waals surface area contributed by atoms with Gasteiger partial charge in [-0.2, -0.15) is 5.10 Å². The highest BCUT2D eigenvalue weighted by molar-refractivity contribution is 5.66. The summed E-state index contributed by atoms with van der Waals surface area (Å²) < 4.78 is 7.43. The molecule has 1 aromatic carbocycles. The third-order valence-corrected chi connectivity index (χ3v) is 4.90. The zero-order chi connectivity index (χ0) is 17.6. The number of aryl methyl sites for hydroxylation is 2. The van der Waals surface area contributed by atoms with Crippen molar-refractivity contribution >= 4 is 5.65 Å². The normalized spacial score (nSPS) is 14.0. The third kappa shape index (κ3) is 2.93. The molecule has 4 rings (SSSR count). The first-order valence-electron chi connectivity index (χ1n) is 8.74. The Hall–Kier alpha value is -2.62. The van der Waals surface area contributed by atoms with Gasteiger partial charge in [-0.05, 0) is 68.0 Å². The summed E-state index contributed by atoms with van der Waals surface area (Å²) >= 11 is 0. The van der Waals surface area contributed by atoms with Gasteiger partial charge in [-0.15, -0.1) is 0 Å². The number of aromatic nitrogens is 3. The third-order valence-electron chi connectivity index (χ3n) is 4.90. The highest BCUT2D eigenvalue weighted by atomic mass is 16.5. The van der Waals surface area contributed by atoms with Gasteiger partial charge in [0.25, 0.3) is 0 Å². The van der Waals surface area contributed by atoms with Gasteiger partial charge in [0.15, 0.2) is 11.5 Å². The summed E-state index contributed by atoms with van der Waals surface area (Å²) in [6.45, 7) is 8.34. The van der Waals surface area contributed by atoms with Crippen molar-refractivity contribution in [2.24, 2.45) is 5.92 Å². The fraction of sp³-hybridized carbons (Fsp3) is 0.333. The lowest BCUT2D eigenvalue weighted by atomic mass is 10.0. The molecule has 0 bridgehead atoms. The maximum atomic E-state index is 5.49. The van der Waals surface area contributed by atoms with Crippen LogP contribution in [0.2, 0.25) is 0 Å². The van der Waals surface area contributed by atoms with Crippen molar-refractivity contribution in [1.82, 2.24) is 14.6 Å². The van der Waals surface area contributed by atoms with Crippen LogP contribution >= 0.6 is 0 Å². The molecule has 0 saturated heterocycles. The molecule has 0 atom stereocenters. The molecule has 1 saturated carbocycles. The smallest absolute Gasteiger partial charge is 0.156 e. The van der Waals surface area contributed by atoms with Crippen molar-refractivity contribution in [3.05, 3.63) is 59.4 Å². The fourth-order valence-electron chi connectivity index (χ4n) is 3.50. The van der Waals surface area contributed by atoms with Crippen LogP contribution in [0.5, 0.6) is 5.75 Å². The second-order valence-electron chi connectivity index (χ2n) is 6.96. The van der Waals surface area contributed by atoms with Crippen LogP contribution in [-0.4, -0.2) is 21.7 Å². The Kier molecular flexibility index (Phi) is 3.83. The molecule has 128 valence electrons. The summed E-state index contributed by atoms with van der Waals surface area (Å²) in [6.07, 6.45) is 3.30. The molecule has 0 unspecified atom stereocenters. The number of rotatable bonds is 5. The predicted molar refractivity (Wildman–Crippen MR) is 100 cm³/mol. The molecule has 1 fully saturated rings. The number of hydrogen-bond donors (Lipinski definition) is 0. The van der Waals surface area contributed by atoms with E-state index in [0.29, 0.717) is 5.92 Å². The number of ether oxygens (including phenoxy) is 1. The molecule has 25 heavy (non-hydrogen) atoms. The second-order valence-corrected chi connectivity index (χ2v) is 6.96. The molecule has 4 nitrogen and oxygen atoms in total. The molecule has 2 heterocycles. The van der Waals surface area contributed by atoms with E-state index in [1.807, 2.05) is 16.6 Å². The van der Waals surface area contributed by atoms with Crippen LogP contribution in [0.4, 0.5) is 0 Å². The standard InChI is InChI=1S/C21H23N3O/c1-13(16-8-9-16)12-19-22-20-7-5-6-18(24(20)23-19)17-10-14(2)21(25-4)15(3)11-17/h5-7,10-11,16H,1,8-9,12H2,2-4H3. The molecule has 0 spiro atoms. The predicted octanol–water partition coefficient (Wildman–Crippen LogP) is 4.53. The Morgan fingerprint density at radius 2 is 1.96 bits per heavy atom. The van der Waals surface area contributed by atoms with Crippen molar-refractivity contribution < 1.29 is 4.74 Å². The van der Waals surface area contributed by atoms with E-state index in [4.69, 9.17) is 14.8 Å². The molecule has 3 aromatic rings. The molecule has 0 aliphatic heterocycles. The van der Waals surface area contributed by atoms with Gasteiger partial charge in [0.2, 0.25) is 0 Å². The number of nitrogens with zero attached hydrogens (tertiary/aromatic N) is 3. The van der Waals surface area contributed by atoms with Crippen LogP contribution in [0.1, 0.15) is 29.8 Å². The first-order chi connectivity index (χ1) is 12.1.